The molecule has 0 radical (unpaired) electrons. The number of hydrogen-bond donors (Lipinski definition) is 3. The fourth-order valence-electron chi connectivity index (χ4n) is 14.2. The van der Waals surface area contributed by atoms with Gasteiger partial charge in [-0.05, 0) is 145 Å². The van der Waals surface area contributed by atoms with Crippen molar-refractivity contribution >= 4 is 22.9 Å². The van der Waals surface area contributed by atoms with E-state index >= 15 is 9.59 Å². The van der Waals surface area contributed by atoms with Gasteiger partial charge < -0.3 is 38.7 Å². The molecule has 5 bridgehead atoms. The lowest BCUT2D eigenvalue weighted by Gasteiger charge is -2.56. The molecule has 1 aromatic heterocycles. The van der Waals surface area contributed by atoms with Gasteiger partial charge >= 0.3 is 17.6 Å². The molecule has 1 spiro atoms. The number of carbonyl (C=O) groups excluding carboxylic acids is 2. The zero-order valence-corrected chi connectivity index (χ0v) is 43.1. The Morgan fingerprint density at radius 3 is 2.53 bits per heavy atom. The molecule has 6 aliphatic rings. The van der Waals surface area contributed by atoms with Crippen LogP contribution in [-0.4, -0.2) is 65.9 Å². The molecule has 10 atom stereocenters. The summed E-state index contributed by atoms with van der Waals surface area (Å²) in [5.41, 5.74) is 6.44. The number of hydrogen-bond acceptors (Lipinski definition) is 11. The lowest BCUT2D eigenvalue weighted by Crippen LogP contribution is -2.66. The summed E-state index contributed by atoms with van der Waals surface area (Å²) >= 11 is 0. The summed E-state index contributed by atoms with van der Waals surface area (Å²) in [7, 11) is 1.51. The number of methoxy groups -OCH3 is 1. The fourth-order valence-corrected chi connectivity index (χ4v) is 14.2. The zero-order valence-electron chi connectivity index (χ0n) is 43.1. The summed E-state index contributed by atoms with van der Waals surface area (Å²) < 4.78 is 33.6. The van der Waals surface area contributed by atoms with Crippen molar-refractivity contribution in [1.29, 1.82) is 0 Å². The quantitative estimate of drug-likeness (QED) is 0.0401. The summed E-state index contributed by atoms with van der Waals surface area (Å²) in [5, 5.41) is 32.4. The molecule has 3 aliphatic carbocycles. The van der Waals surface area contributed by atoms with Gasteiger partial charge in [0.2, 0.25) is 0 Å². The third-order valence-electron chi connectivity index (χ3n) is 17.7. The Hall–Kier alpha value is -6.29. The topological polar surface area (TPSA) is 162 Å². The maximum atomic E-state index is 15.6. The van der Waals surface area contributed by atoms with Crippen LogP contribution < -0.4 is 10.4 Å². The molecule has 4 aromatic carbocycles. The lowest BCUT2D eigenvalue weighted by molar-refractivity contribution is -0.214. The Morgan fingerprint density at radius 2 is 1.72 bits per heavy atom. The van der Waals surface area contributed by atoms with Gasteiger partial charge in [0.05, 0.1) is 31.3 Å². The Kier molecular flexibility index (Phi) is 14.7. The molecule has 2 saturated carbocycles. The first-order chi connectivity index (χ1) is 36.6. The standard InChI is InChI=1S/C64H68O11/c1-38(35-66)49-23-18-40-19-24-50-45(31-40)15-9-16-48-22-20-42-13-6-7-17-54(42)64(48)61(74-62(49)69)60(58-55(75-64)27-26-52-53(36-67)57(63(70)73-59(52)58)46(28-29-65)37-71-2)72-56(68)34-47-33-44(21-25-51(47)50)43-14-8-12-41(32-43)30-39-10-4-3-5-11-39/h3-5,8,10-12,14,19-20,22,24,26-27,31-32,42,44,46-48,51,54,60-61,65-67H,6-7,13,15,17-18,21,23,25,28-30,33-37H2,1-2H3/b49-38-/t42-,44-,46+,47-,48+,51+,54-,60+,61+,64-/m0/s1. The Balaban J connectivity index is 1.12. The van der Waals surface area contributed by atoms with E-state index in [9.17, 15) is 20.1 Å². The number of esters is 2. The van der Waals surface area contributed by atoms with Gasteiger partial charge in [-0.25, -0.2) is 9.59 Å². The van der Waals surface area contributed by atoms with Crippen LogP contribution in [0, 0.1) is 35.5 Å². The Labute approximate surface area is 438 Å². The van der Waals surface area contributed by atoms with Crippen molar-refractivity contribution < 1.29 is 48.3 Å². The van der Waals surface area contributed by atoms with Gasteiger partial charge in [-0.15, -0.1) is 0 Å². The van der Waals surface area contributed by atoms with Crippen molar-refractivity contribution in [2.75, 3.05) is 26.9 Å². The van der Waals surface area contributed by atoms with Gasteiger partial charge in [-0.1, -0.05) is 110 Å². The second-order valence-electron chi connectivity index (χ2n) is 22.0. The summed E-state index contributed by atoms with van der Waals surface area (Å²) in [6.45, 7) is 0.686. The first-order valence-corrected chi connectivity index (χ1v) is 27.3. The second-order valence-corrected chi connectivity index (χ2v) is 22.0. The van der Waals surface area contributed by atoms with Crippen molar-refractivity contribution in [2.45, 2.75) is 133 Å². The van der Waals surface area contributed by atoms with Gasteiger partial charge in [0.15, 0.2) is 17.8 Å². The van der Waals surface area contributed by atoms with Crippen molar-refractivity contribution in [3.05, 3.63) is 169 Å². The van der Waals surface area contributed by atoms with E-state index in [1.54, 1.807) is 19.1 Å². The highest BCUT2D eigenvalue weighted by atomic mass is 16.6. The minimum atomic E-state index is -1.39. The number of rotatable bonds is 10. The summed E-state index contributed by atoms with van der Waals surface area (Å²) in [6, 6.07) is 29.5. The van der Waals surface area contributed by atoms with Crippen LogP contribution in [0.2, 0.25) is 0 Å². The smallest absolute Gasteiger partial charge is 0.340 e. The molecule has 11 nitrogen and oxygen atoms in total. The van der Waals surface area contributed by atoms with E-state index in [1.165, 1.54) is 29.4 Å². The molecule has 75 heavy (non-hydrogen) atoms. The van der Waals surface area contributed by atoms with E-state index in [0.29, 0.717) is 40.7 Å². The summed E-state index contributed by atoms with van der Waals surface area (Å²) in [6.07, 6.45) is 9.96. The molecule has 3 N–H and O–H groups in total. The first kappa shape index (κ1) is 50.8. The fraction of sp³-hybridized carbons (Fsp3) is 0.453. The normalized spacial score (nSPS) is 28.1. The summed E-state index contributed by atoms with van der Waals surface area (Å²) in [4.78, 5) is 45.5. The van der Waals surface area contributed by atoms with Gasteiger partial charge in [0.1, 0.15) is 11.3 Å². The van der Waals surface area contributed by atoms with Crippen molar-refractivity contribution in [3.8, 4) is 17.6 Å². The molecule has 3 aliphatic heterocycles. The largest absolute Gasteiger partial charge is 0.481 e. The minimum Gasteiger partial charge on any atom is -0.481 e. The maximum absolute atomic E-state index is 15.6. The number of ether oxygens (including phenoxy) is 4. The molecule has 5 aromatic rings. The number of aliphatic hydroxyl groups is 3. The first-order valence-electron chi connectivity index (χ1n) is 27.3. The van der Waals surface area contributed by atoms with Crippen LogP contribution in [0.4, 0.5) is 0 Å². The van der Waals surface area contributed by atoms with Crippen molar-refractivity contribution in [1.82, 2.24) is 0 Å². The average Bonchev–Trinajstić information content (AvgIpc) is 3.42. The highest BCUT2D eigenvalue weighted by molar-refractivity contribution is 5.90. The van der Waals surface area contributed by atoms with Crippen LogP contribution in [0.1, 0.15) is 145 Å². The van der Waals surface area contributed by atoms with Crippen LogP contribution in [0.3, 0.4) is 0 Å². The monoisotopic (exact) mass is 1010 g/mol. The average molecular weight is 1010 g/mol. The van der Waals surface area contributed by atoms with E-state index in [0.717, 1.165) is 62.5 Å². The van der Waals surface area contributed by atoms with Crippen molar-refractivity contribution in [3.63, 3.8) is 0 Å². The van der Waals surface area contributed by atoms with Gasteiger partial charge in [0, 0.05) is 54.9 Å². The van der Waals surface area contributed by atoms with E-state index in [4.69, 9.17) is 23.4 Å². The van der Waals surface area contributed by atoms with Gasteiger partial charge in [-0.2, -0.15) is 0 Å². The van der Waals surface area contributed by atoms with E-state index in [1.807, 2.05) is 6.07 Å². The predicted molar refractivity (Wildman–Crippen MR) is 284 cm³/mol. The zero-order chi connectivity index (χ0) is 51.8. The highest BCUT2D eigenvalue weighted by Gasteiger charge is 2.65. The van der Waals surface area contributed by atoms with Crippen molar-refractivity contribution in [2.24, 2.45) is 23.7 Å². The van der Waals surface area contributed by atoms with Crippen LogP contribution in [-0.2, 0) is 49.7 Å². The third-order valence-corrected chi connectivity index (χ3v) is 17.7. The minimum absolute atomic E-state index is 0.00528. The number of benzene rings is 4. The molecule has 2 fully saturated rings. The second kappa shape index (κ2) is 21.7. The number of fused-ring (bicyclic) bond motifs is 9. The number of allylic oxidation sites excluding steroid dienone is 1. The molecule has 390 valence electrons. The Morgan fingerprint density at radius 1 is 0.880 bits per heavy atom. The summed E-state index contributed by atoms with van der Waals surface area (Å²) in [5.74, 6) is 5.09. The molecule has 4 heterocycles. The molecular weight excluding hydrogens is 945 g/mol. The molecule has 0 saturated heterocycles. The van der Waals surface area contributed by atoms with E-state index in [-0.39, 0.29) is 85.4 Å². The molecule has 0 unspecified atom stereocenters. The highest BCUT2D eigenvalue weighted by Crippen LogP contribution is 2.58. The SMILES string of the molecule is COC[C@@H](CCO)c1c(CO)c2ccc3c(c2oc1=O)[C@H]1OC(=O)C[C@@H]2C[C@@H](c4cccc(Cc5ccccc5)c4)CC[C@H]2c2ccc4cc2CC#C[C@@H]2C=C[C@@H]5CCCC[C@@H]5[C@]2(O3)[C@@H]1OC(=O)/C(=C(/C)CO)CC4. The number of carbonyl (C=O) groups is 2. The van der Waals surface area contributed by atoms with E-state index in [2.05, 4.69) is 90.7 Å². The molecular formula is C64H68O11. The van der Waals surface area contributed by atoms with Crippen LogP contribution in [0.25, 0.3) is 11.0 Å². The van der Waals surface area contributed by atoms with Crippen LogP contribution in [0.5, 0.6) is 5.75 Å². The van der Waals surface area contributed by atoms with Gasteiger partial charge in [0.25, 0.3) is 0 Å². The predicted octanol–water partition coefficient (Wildman–Crippen LogP) is 10.2. The molecule has 11 rings (SSSR count). The lowest BCUT2D eigenvalue weighted by atomic mass is 9.58. The molecule has 11 heteroatoms. The van der Waals surface area contributed by atoms with Gasteiger partial charge in [-0.3, -0.25) is 4.79 Å². The van der Waals surface area contributed by atoms with Crippen LogP contribution >= 0.6 is 0 Å². The maximum Gasteiger partial charge on any atom is 0.340 e. The van der Waals surface area contributed by atoms with E-state index < -0.39 is 53.8 Å². The number of aliphatic hydroxyl groups excluding tert-OH is 3. The number of aryl methyl sites for hydroxylation is 1. The molecule has 0 amide bonds. The Bertz CT molecular complexity index is 3150. The third kappa shape index (κ3) is 9.58. The van der Waals surface area contributed by atoms with Crippen LogP contribution in [0.15, 0.2) is 117 Å².